The lowest BCUT2D eigenvalue weighted by Gasteiger charge is -2.34. The first-order valence-electron chi connectivity index (χ1n) is 10.9. The zero-order valence-electron chi connectivity index (χ0n) is 19.0. The summed E-state index contributed by atoms with van der Waals surface area (Å²) in [6.07, 6.45) is 3.53. The Balaban J connectivity index is 1.38. The highest BCUT2D eigenvalue weighted by Crippen LogP contribution is 2.23. The van der Waals surface area contributed by atoms with Gasteiger partial charge in [0.05, 0.1) is 5.69 Å². The Bertz CT molecular complexity index is 984. The third-order valence-corrected chi connectivity index (χ3v) is 5.47. The molecule has 3 heterocycles. The summed E-state index contributed by atoms with van der Waals surface area (Å²) in [5.74, 6) is 1.17. The zero-order chi connectivity index (χ0) is 22.3. The van der Waals surface area contributed by atoms with E-state index in [2.05, 4.69) is 66.3 Å². The van der Waals surface area contributed by atoms with Crippen molar-refractivity contribution < 1.29 is 4.74 Å². The molecule has 3 aromatic rings. The molecule has 0 amide bonds. The molecule has 0 saturated carbocycles. The van der Waals surface area contributed by atoms with Crippen molar-refractivity contribution >= 4 is 17.3 Å². The summed E-state index contributed by atoms with van der Waals surface area (Å²) in [5.41, 5.74) is 3.93. The third-order valence-electron chi connectivity index (χ3n) is 5.47. The molecule has 4 rings (SSSR count). The largest absolute Gasteiger partial charge is 0.476 e. The van der Waals surface area contributed by atoms with Gasteiger partial charge in [-0.3, -0.25) is 0 Å². The fourth-order valence-electron chi connectivity index (χ4n) is 3.48. The number of rotatable bonds is 8. The van der Waals surface area contributed by atoms with Crippen LogP contribution >= 0.6 is 0 Å². The maximum absolute atomic E-state index is 5.67. The second-order valence-corrected chi connectivity index (χ2v) is 8.26. The lowest BCUT2D eigenvalue weighted by molar-refractivity contribution is 0.254. The first kappa shape index (κ1) is 22.0. The van der Waals surface area contributed by atoms with Crippen LogP contribution in [-0.4, -0.2) is 85.2 Å². The fourth-order valence-corrected chi connectivity index (χ4v) is 3.48. The lowest BCUT2D eigenvalue weighted by Crippen LogP contribution is -2.44. The molecule has 1 N–H and O–H groups in total. The van der Waals surface area contributed by atoms with Gasteiger partial charge in [-0.05, 0) is 57.5 Å². The smallest absolute Gasteiger partial charge is 0.227 e. The Hall–Kier alpha value is -3.23. The SMILES string of the molecule is CN(C)CCOc1ccc(-c2ccnc(Nc3ccc(N4CCN(C)CC4)cc3)n2)cn1. The van der Waals surface area contributed by atoms with Gasteiger partial charge in [0.25, 0.3) is 0 Å². The molecule has 0 radical (unpaired) electrons. The molecule has 1 aliphatic rings. The van der Waals surface area contributed by atoms with E-state index in [0.717, 1.165) is 49.7 Å². The molecule has 1 fully saturated rings. The number of benzene rings is 1. The zero-order valence-corrected chi connectivity index (χ0v) is 19.0. The Morgan fingerprint density at radius 3 is 2.44 bits per heavy atom. The molecule has 0 aliphatic carbocycles. The summed E-state index contributed by atoms with van der Waals surface area (Å²) in [5, 5.41) is 3.30. The summed E-state index contributed by atoms with van der Waals surface area (Å²) in [6.45, 7) is 5.76. The molecule has 1 aromatic carbocycles. The van der Waals surface area contributed by atoms with E-state index in [9.17, 15) is 0 Å². The Kier molecular flexibility index (Phi) is 7.14. The van der Waals surface area contributed by atoms with Crippen LogP contribution in [-0.2, 0) is 0 Å². The average Bonchev–Trinajstić information content (AvgIpc) is 2.81. The molecule has 8 heteroatoms. The predicted molar refractivity (Wildman–Crippen MR) is 129 cm³/mol. The molecule has 32 heavy (non-hydrogen) atoms. The number of aromatic nitrogens is 3. The van der Waals surface area contributed by atoms with E-state index in [1.165, 1.54) is 5.69 Å². The molecule has 0 atom stereocenters. The molecular weight excluding hydrogens is 402 g/mol. The standard InChI is InChI=1S/C24H31N7O/c1-29(2)16-17-32-23-9-4-19(18-26-23)22-10-11-25-24(28-22)27-20-5-7-21(8-6-20)31-14-12-30(3)13-15-31/h4-11,18H,12-17H2,1-3H3,(H,25,27,28). The van der Waals surface area contributed by atoms with Gasteiger partial charge in [-0.2, -0.15) is 0 Å². The van der Waals surface area contributed by atoms with Crippen LogP contribution in [0.2, 0.25) is 0 Å². The van der Waals surface area contributed by atoms with E-state index >= 15 is 0 Å². The highest BCUT2D eigenvalue weighted by Gasteiger charge is 2.14. The lowest BCUT2D eigenvalue weighted by atomic mass is 10.2. The van der Waals surface area contributed by atoms with E-state index < -0.39 is 0 Å². The van der Waals surface area contributed by atoms with Gasteiger partial charge >= 0.3 is 0 Å². The number of nitrogens with zero attached hydrogens (tertiary/aromatic N) is 6. The van der Waals surface area contributed by atoms with Crippen LogP contribution in [0, 0.1) is 0 Å². The van der Waals surface area contributed by atoms with Crippen LogP contribution in [0.5, 0.6) is 5.88 Å². The number of likely N-dealkylation sites (N-methyl/N-ethyl adjacent to an activating group) is 2. The summed E-state index contributed by atoms with van der Waals surface area (Å²) >= 11 is 0. The van der Waals surface area contributed by atoms with Gasteiger partial charge in [0.1, 0.15) is 6.61 Å². The van der Waals surface area contributed by atoms with E-state index in [1.807, 2.05) is 32.3 Å². The van der Waals surface area contributed by atoms with Crippen molar-refractivity contribution in [2.45, 2.75) is 0 Å². The average molecular weight is 434 g/mol. The molecule has 1 saturated heterocycles. The van der Waals surface area contributed by atoms with Crippen LogP contribution in [0.1, 0.15) is 0 Å². The van der Waals surface area contributed by atoms with Crippen LogP contribution < -0.4 is 15.0 Å². The molecule has 0 unspecified atom stereocenters. The highest BCUT2D eigenvalue weighted by molar-refractivity contribution is 5.63. The maximum atomic E-state index is 5.67. The monoisotopic (exact) mass is 433 g/mol. The second-order valence-electron chi connectivity index (χ2n) is 8.26. The Morgan fingerprint density at radius 1 is 0.969 bits per heavy atom. The molecule has 168 valence electrons. The second kappa shape index (κ2) is 10.4. The maximum Gasteiger partial charge on any atom is 0.227 e. The van der Waals surface area contributed by atoms with Gasteiger partial charge in [0.2, 0.25) is 11.8 Å². The quantitative estimate of drug-likeness (QED) is 0.582. The number of nitrogens with one attached hydrogen (secondary N) is 1. The molecule has 2 aromatic heterocycles. The summed E-state index contributed by atoms with van der Waals surface area (Å²) in [6, 6.07) is 14.2. The van der Waals surface area contributed by atoms with E-state index in [-0.39, 0.29) is 0 Å². The Morgan fingerprint density at radius 2 is 1.75 bits per heavy atom. The molecule has 1 aliphatic heterocycles. The first-order valence-corrected chi connectivity index (χ1v) is 10.9. The van der Waals surface area contributed by atoms with Gasteiger partial charge in [-0.15, -0.1) is 0 Å². The van der Waals surface area contributed by atoms with Crippen molar-refractivity contribution in [3.8, 4) is 17.1 Å². The van der Waals surface area contributed by atoms with Crippen molar-refractivity contribution in [1.29, 1.82) is 0 Å². The predicted octanol–water partition coefficient (Wildman–Crippen LogP) is 2.97. The third kappa shape index (κ3) is 5.93. The van der Waals surface area contributed by atoms with Crippen LogP contribution in [0.15, 0.2) is 54.9 Å². The topological polar surface area (TPSA) is 69.7 Å². The summed E-state index contributed by atoms with van der Waals surface area (Å²) < 4.78 is 5.67. The van der Waals surface area contributed by atoms with Crippen molar-refractivity contribution in [3.63, 3.8) is 0 Å². The minimum absolute atomic E-state index is 0.557. The van der Waals surface area contributed by atoms with Crippen LogP contribution in [0.3, 0.4) is 0 Å². The summed E-state index contributed by atoms with van der Waals surface area (Å²) in [7, 11) is 6.20. The number of hydrogen-bond acceptors (Lipinski definition) is 8. The van der Waals surface area contributed by atoms with E-state index in [1.54, 1.807) is 12.4 Å². The molecule has 0 spiro atoms. The van der Waals surface area contributed by atoms with Crippen LogP contribution in [0.25, 0.3) is 11.3 Å². The number of hydrogen-bond donors (Lipinski definition) is 1. The van der Waals surface area contributed by atoms with Gasteiger partial charge in [0.15, 0.2) is 0 Å². The van der Waals surface area contributed by atoms with Gasteiger partial charge in [0, 0.05) is 68.1 Å². The molecular formula is C24H31N7O. The number of pyridine rings is 1. The number of ether oxygens (including phenoxy) is 1. The van der Waals surface area contributed by atoms with Gasteiger partial charge < -0.3 is 24.8 Å². The molecule has 0 bridgehead atoms. The normalized spacial score (nSPS) is 14.6. The number of anilines is 3. The van der Waals surface area contributed by atoms with E-state index in [4.69, 9.17) is 4.74 Å². The first-order chi connectivity index (χ1) is 15.6. The van der Waals surface area contributed by atoms with E-state index in [0.29, 0.717) is 18.4 Å². The van der Waals surface area contributed by atoms with Crippen molar-refractivity contribution in [3.05, 3.63) is 54.9 Å². The minimum atomic E-state index is 0.557. The Labute approximate surface area is 189 Å². The molecule has 8 nitrogen and oxygen atoms in total. The minimum Gasteiger partial charge on any atom is -0.476 e. The number of piperazine rings is 1. The summed E-state index contributed by atoms with van der Waals surface area (Å²) in [4.78, 5) is 20.3. The van der Waals surface area contributed by atoms with Crippen LogP contribution in [0.4, 0.5) is 17.3 Å². The van der Waals surface area contributed by atoms with Gasteiger partial charge in [-0.1, -0.05) is 0 Å². The van der Waals surface area contributed by atoms with Gasteiger partial charge in [-0.25, -0.2) is 15.0 Å². The fraction of sp³-hybridized carbons (Fsp3) is 0.375. The van der Waals surface area contributed by atoms with Crippen molar-refractivity contribution in [1.82, 2.24) is 24.8 Å². The highest BCUT2D eigenvalue weighted by atomic mass is 16.5. The van der Waals surface area contributed by atoms with Crippen molar-refractivity contribution in [2.24, 2.45) is 0 Å². The van der Waals surface area contributed by atoms with Crippen molar-refractivity contribution in [2.75, 3.05) is 70.7 Å².